The average molecular weight is 500 g/mol. The molecule has 0 radical (unpaired) electrons. The standard InChI is InChI=1S/C25H33N5O2S2/c1-18(2)15-28(21-11-13-34(31,32)16-21)17-29-25(33)30(23-10-6-5-9-22(23)19(3)4)24(27-29)20-8-7-12-26-14-20/h5-10,12,14,18-19,21H,11,13,15-17H2,1-4H3. The summed E-state index contributed by atoms with van der Waals surface area (Å²) in [5.41, 5.74) is 3.07. The van der Waals surface area contributed by atoms with Crippen molar-refractivity contribution in [2.75, 3.05) is 18.1 Å². The maximum Gasteiger partial charge on any atom is 0.204 e. The van der Waals surface area contributed by atoms with Crippen molar-refractivity contribution in [3.8, 4) is 17.1 Å². The smallest absolute Gasteiger partial charge is 0.204 e. The zero-order chi connectivity index (χ0) is 24.5. The molecule has 0 saturated carbocycles. The number of para-hydroxylation sites is 1. The van der Waals surface area contributed by atoms with E-state index >= 15 is 0 Å². The Balaban J connectivity index is 1.82. The number of nitrogens with zero attached hydrogens (tertiary/aromatic N) is 5. The molecule has 9 heteroatoms. The zero-order valence-corrected chi connectivity index (χ0v) is 21.9. The van der Waals surface area contributed by atoms with Crippen molar-refractivity contribution in [2.45, 2.75) is 52.7 Å². The van der Waals surface area contributed by atoms with Gasteiger partial charge in [0, 0.05) is 30.5 Å². The third-order valence-corrected chi connectivity index (χ3v) is 8.34. The maximum absolute atomic E-state index is 12.2. The summed E-state index contributed by atoms with van der Waals surface area (Å²) in [6.07, 6.45) is 4.19. The molecule has 1 fully saturated rings. The molecule has 182 valence electrons. The van der Waals surface area contributed by atoms with Crippen molar-refractivity contribution < 1.29 is 8.42 Å². The normalized spacial score (nSPS) is 17.8. The van der Waals surface area contributed by atoms with E-state index in [1.54, 1.807) is 12.4 Å². The molecule has 4 rings (SSSR count). The number of hydrogen-bond donors (Lipinski definition) is 0. The van der Waals surface area contributed by atoms with Crippen LogP contribution in [0.15, 0.2) is 48.8 Å². The van der Waals surface area contributed by atoms with E-state index in [0.29, 0.717) is 29.7 Å². The molecule has 1 aliphatic rings. The summed E-state index contributed by atoms with van der Waals surface area (Å²) < 4.78 is 28.8. The average Bonchev–Trinajstić information content (AvgIpc) is 3.32. The molecule has 0 aliphatic carbocycles. The number of pyridine rings is 1. The molecule has 1 unspecified atom stereocenters. The van der Waals surface area contributed by atoms with Gasteiger partial charge in [-0.3, -0.25) is 14.5 Å². The van der Waals surface area contributed by atoms with Crippen molar-refractivity contribution in [1.82, 2.24) is 24.2 Å². The summed E-state index contributed by atoms with van der Waals surface area (Å²) in [7, 11) is -2.99. The fourth-order valence-corrected chi connectivity index (χ4v) is 6.65. The summed E-state index contributed by atoms with van der Waals surface area (Å²) >= 11 is 5.99. The first-order valence-corrected chi connectivity index (χ1v) is 14.0. The van der Waals surface area contributed by atoms with Gasteiger partial charge < -0.3 is 0 Å². The van der Waals surface area contributed by atoms with Crippen LogP contribution in [0.5, 0.6) is 0 Å². The number of benzene rings is 1. The largest absolute Gasteiger partial charge is 0.280 e. The topological polar surface area (TPSA) is 73.0 Å². The Labute approximate surface area is 207 Å². The highest BCUT2D eigenvalue weighted by Gasteiger charge is 2.33. The lowest BCUT2D eigenvalue weighted by atomic mass is 10.0. The monoisotopic (exact) mass is 499 g/mol. The third-order valence-electron chi connectivity index (χ3n) is 6.20. The fraction of sp³-hybridized carbons (Fsp3) is 0.480. The van der Waals surface area contributed by atoms with Gasteiger partial charge in [0.1, 0.15) is 0 Å². The van der Waals surface area contributed by atoms with E-state index in [0.717, 1.165) is 23.6 Å². The van der Waals surface area contributed by atoms with Crippen LogP contribution in [0.1, 0.15) is 45.6 Å². The fourth-order valence-electron chi connectivity index (χ4n) is 4.61. The molecule has 0 bridgehead atoms. The van der Waals surface area contributed by atoms with Crippen LogP contribution in [0, 0.1) is 10.7 Å². The molecule has 7 nitrogen and oxygen atoms in total. The molecule has 3 aromatic rings. The van der Waals surface area contributed by atoms with Crippen LogP contribution in [0.3, 0.4) is 0 Å². The molecule has 3 heterocycles. The van der Waals surface area contributed by atoms with E-state index in [9.17, 15) is 8.42 Å². The summed E-state index contributed by atoms with van der Waals surface area (Å²) in [4.78, 5) is 6.52. The Morgan fingerprint density at radius 2 is 1.91 bits per heavy atom. The Morgan fingerprint density at radius 3 is 2.53 bits per heavy atom. The lowest BCUT2D eigenvalue weighted by Crippen LogP contribution is -2.40. The lowest BCUT2D eigenvalue weighted by Gasteiger charge is -2.29. The van der Waals surface area contributed by atoms with Crippen molar-refractivity contribution in [1.29, 1.82) is 0 Å². The van der Waals surface area contributed by atoms with E-state index in [4.69, 9.17) is 17.3 Å². The molecule has 34 heavy (non-hydrogen) atoms. The molecule has 1 atom stereocenters. The molecule has 0 N–H and O–H groups in total. The second-order valence-electron chi connectivity index (χ2n) is 9.76. The van der Waals surface area contributed by atoms with E-state index in [2.05, 4.69) is 49.7 Å². The zero-order valence-electron chi connectivity index (χ0n) is 20.3. The minimum Gasteiger partial charge on any atom is -0.280 e. The summed E-state index contributed by atoms with van der Waals surface area (Å²) in [6.45, 7) is 9.85. The molecular formula is C25H33N5O2S2. The maximum atomic E-state index is 12.2. The van der Waals surface area contributed by atoms with Crippen LogP contribution in [0.4, 0.5) is 0 Å². The molecule has 0 spiro atoms. The molecule has 1 aromatic carbocycles. The van der Waals surface area contributed by atoms with Gasteiger partial charge in [0.05, 0.1) is 23.9 Å². The van der Waals surface area contributed by atoms with Crippen molar-refractivity contribution in [2.24, 2.45) is 5.92 Å². The highest BCUT2D eigenvalue weighted by Crippen LogP contribution is 2.29. The van der Waals surface area contributed by atoms with E-state index in [1.807, 2.05) is 33.5 Å². The van der Waals surface area contributed by atoms with Gasteiger partial charge in [-0.2, -0.15) is 0 Å². The van der Waals surface area contributed by atoms with Crippen LogP contribution in [-0.2, 0) is 16.5 Å². The number of hydrogen-bond acceptors (Lipinski definition) is 6. The van der Waals surface area contributed by atoms with Gasteiger partial charge in [0.2, 0.25) is 4.77 Å². The quantitative estimate of drug-likeness (QED) is 0.419. The van der Waals surface area contributed by atoms with Crippen LogP contribution in [-0.4, -0.2) is 56.7 Å². The molecule has 2 aromatic heterocycles. The Hall–Kier alpha value is -2.36. The third kappa shape index (κ3) is 5.31. The summed E-state index contributed by atoms with van der Waals surface area (Å²) in [5.74, 6) is 1.87. The SMILES string of the molecule is CC(C)CN(Cn1nc(-c2cccnc2)n(-c2ccccc2C(C)C)c1=S)C1CCS(=O)(=O)C1. The second-order valence-corrected chi connectivity index (χ2v) is 12.4. The van der Waals surface area contributed by atoms with Crippen molar-refractivity contribution in [3.05, 3.63) is 59.1 Å². The Kier molecular flexibility index (Phi) is 7.35. The van der Waals surface area contributed by atoms with Crippen LogP contribution < -0.4 is 0 Å². The molecular weight excluding hydrogens is 466 g/mol. The van der Waals surface area contributed by atoms with Crippen LogP contribution in [0.25, 0.3) is 17.1 Å². The van der Waals surface area contributed by atoms with Crippen molar-refractivity contribution >= 4 is 22.1 Å². The summed E-state index contributed by atoms with van der Waals surface area (Å²) in [5, 5.41) is 4.96. The lowest BCUT2D eigenvalue weighted by molar-refractivity contribution is 0.137. The first-order chi connectivity index (χ1) is 16.2. The van der Waals surface area contributed by atoms with E-state index < -0.39 is 9.84 Å². The van der Waals surface area contributed by atoms with Gasteiger partial charge in [-0.1, -0.05) is 45.9 Å². The van der Waals surface area contributed by atoms with Gasteiger partial charge >= 0.3 is 0 Å². The Bertz CT molecular complexity index is 1300. The molecule has 1 aliphatic heterocycles. The van der Waals surface area contributed by atoms with Gasteiger partial charge in [-0.25, -0.2) is 13.1 Å². The molecule has 0 amide bonds. The predicted molar refractivity (Wildman–Crippen MR) is 138 cm³/mol. The van der Waals surface area contributed by atoms with Gasteiger partial charge in [0.15, 0.2) is 15.7 Å². The Morgan fingerprint density at radius 1 is 1.15 bits per heavy atom. The highest BCUT2D eigenvalue weighted by molar-refractivity contribution is 7.91. The summed E-state index contributed by atoms with van der Waals surface area (Å²) in [6, 6.07) is 12.1. The van der Waals surface area contributed by atoms with E-state index in [1.165, 1.54) is 5.56 Å². The van der Waals surface area contributed by atoms with Crippen molar-refractivity contribution in [3.63, 3.8) is 0 Å². The first-order valence-electron chi connectivity index (χ1n) is 11.8. The van der Waals surface area contributed by atoms with Gasteiger partial charge in [-0.05, 0) is 54.2 Å². The number of aromatic nitrogens is 4. The minimum absolute atomic E-state index is 0.0238. The van der Waals surface area contributed by atoms with Gasteiger partial charge in [0.25, 0.3) is 0 Å². The molecule has 1 saturated heterocycles. The van der Waals surface area contributed by atoms with Gasteiger partial charge in [-0.15, -0.1) is 5.10 Å². The number of sulfone groups is 1. The van der Waals surface area contributed by atoms with Crippen LogP contribution >= 0.6 is 12.2 Å². The predicted octanol–water partition coefficient (Wildman–Crippen LogP) is 4.69. The number of rotatable bonds is 8. The van der Waals surface area contributed by atoms with E-state index in [-0.39, 0.29) is 17.5 Å². The second kappa shape index (κ2) is 10.1. The highest BCUT2D eigenvalue weighted by atomic mass is 32.2. The minimum atomic E-state index is -2.99. The van der Waals surface area contributed by atoms with Crippen LogP contribution in [0.2, 0.25) is 0 Å². The first kappa shape index (κ1) is 24.8.